The summed E-state index contributed by atoms with van der Waals surface area (Å²) < 4.78 is 10.3. The van der Waals surface area contributed by atoms with Crippen molar-refractivity contribution in [3.05, 3.63) is 53.6 Å². The van der Waals surface area contributed by atoms with Crippen LogP contribution in [0, 0.1) is 0 Å². The van der Waals surface area contributed by atoms with E-state index in [1.807, 2.05) is 30.3 Å². The van der Waals surface area contributed by atoms with Crippen LogP contribution < -0.4 is 20.5 Å². The highest BCUT2D eigenvalue weighted by molar-refractivity contribution is 6.00. The fraction of sp³-hybridized carbons (Fsp3) is 0.235. The van der Waals surface area contributed by atoms with Crippen LogP contribution in [0.4, 0.5) is 5.69 Å². The number of amides is 1. The van der Waals surface area contributed by atoms with Gasteiger partial charge in [0.25, 0.3) is 5.91 Å². The average molecular weight is 300 g/mol. The first-order chi connectivity index (χ1) is 10.7. The summed E-state index contributed by atoms with van der Waals surface area (Å²) in [5.41, 5.74) is 7.81. The van der Waals surface area contributed by atoms with Gasteiger partial charge in [-0.2, -0.15) is 0 Å². The molecule has 0 bridgehead atoms. The zero-order chi connectivity index (χ0) is 15.9. The molecule has 0 saturated carbocycles. The molecule has 1 amide bonds. The molecule has 5 heteroatoms. The largest absolute Gasteiger partial charge is 0.493 e. The molecular formula is C17H20N2O3. The summed E-state index contributed by atoms with van der Waals surface area (Å²) in [5.74, 6) is 0.750. The molecule has 0 saturated heterocycles. The van der Waals surface area contributed by atoms with Gasteiger partial charge in [-0.15, -0.1) is 0 Å². The molecule has 116 valence electrons. The van der Waals surface area contributed by atoms with Gasteiger partial charge >= 0.3 is 0 Å². The molecule has 0 fully saturated rings. The smallest absolute Gasteiger partial charge is 0.253 e. The van der Waals surface area contributed by atoms with E-state index in [2.05, 4.69) is 5.32 Å². The zero-order valence-corrected chi connectivity index (χ0v) is 12.8. The van der Waals surface area contributed by atoms with E-state index in [1.165, 1.54) is 19.8 Å². The molecule has 22 heavy (non-hydrogen) atoms. The Bertz CT molecular complexity index is 642. The Morgan fingerprint density at radius 1 is 1.09 bits per heavy atom. The molecule has 2 rings (SSSR count). The number of anilines is 1. The SMILES string of the molecule is COc1cc(N)c(C(=O)NCCc2ccccc2)cc1OC. The van der Waals surface area contributed by atoms with Gasteiger partial charge in [-0.3, -0.25) is 4.79 Å². The van der Waals surface area contributed by atoms with Gasteiger partial charge in [-0.1, -0.05) is 30.3 Å². The minimum Gasteiger partial charge on any atom is -0.493 e. The third kappa shape index (κ3) is 3.69. The molecule has 0 aliphatic carbocycles. The van der Waals surface area contributed by atoms with Crippen LogP contribution in [0.3, 0.4) is 0 Å². The predicted octanol–water partition coefficient (Wildman–Crippen LogP) is 2.26. The highest BCUT2D eigenvalue weighted by Gasteiger charge is 2.14. The maximum Gasteiger partial charge on any atom is 0.253 e. The maximum atomic E-state index is 12.2. The number of benzene rings is 2. The van der Waals surface area contributed by atoms with Crippen molar-refractivity contribution in [1.29, 1.82) is 0 Å². The minimum atomic E-state index is -0.227. The average Bonchev–Trinajstić information content (AvgIpc) is 2.55. The topological polar surface area (TPSA) is 73.6 Å². The number of ether oxygens (including phenoxy) is 2. The molecule has 2 aromatic rings. The molecule has 0 heterocycles. The normalized spacial score (nSPS) is 10.1. The van der Waals surface area contributed by atoms with Crippen LogP contribution >= 0.6 is 0 Å². The molecule has 0 unspecified atom stereocenters. The fourth-order valence-electron chi connectivity index (χ4n) is 2.15. The molecule has 0 aliphatic heterocycles. The summed E-state index contributed by atoms with van der Waals surface area (Å²) in [4.78, 5) is 12.2. The van der Waals surface area contributed by atoms with Crippen molar-refractivity contribution in [3.63, 3.8) is 0 Å². The van der Waals surface area contributed by atoms with Gasteiger partial charge in [0.05, 0.1) is 19.8 Å². The molecular weight excluding hydrogens is 280 g/mol. The Balaban J connectivity index is 2.03. The van der Waals surface area contributed by atoms with Crippen LogP contribution in [0.15, 0.2) is 42.5 Å². The van der Waals surface area contributed by atoms with Crippen molar-refractivity contribution in [2.75, 3.05) is 26.5 Å². The second-order valence-electron chi connectivity index (χ2n) is 4.79. The Morgan fingerprint density at radius 3 is 2.36 bits per heavy atom. The van der Waals surface area contributed by atoms with E-state index in [0.717, 1.165) is 6.42 Å². The summed E-state index contributed by atoms with van der Waals surface area (Å²) in [5, 5.41) is 2.86. The lowest BCUT2D eigenvalue weighted by Crippen LogP contribution is -2.26. The molecule has 0 atom stereocenters. The second kappa shape index (κ2) is 7.36. The van der Waals surface area contributed by atoms with Crippen LogP contribution in [0.25, 0.3) is 0 Å². The van der Waals surface area contributed by atoms with Gasteiger partial charge < -0.3 is 20.5 Å². The van der Waals surface area contributed by atoms with Gasteiger partial charge in [0.1, 0.15) is 0 Å². The summed E-state index contributed by atoms with van der Waals surface area (Å²) in [6.45, 7) is 0.538. The molecule has 3 N–H and O–H groups in total. The van der Waals surface area contributed by atoms with Gasteiger partial charge in [-0.25, -0.2) is 0 Å². The number of carbonyl (C=O) groups excluding carboxylic acids is 1. The lowest BCUT2D eigenvalue weighted by atomic mass is 10.1. The summed E-state index contributed by atoms with van der Waals surface area (Å²) in [6, 6.07) is 13.1. The van der Waals surface area contributed by atoms with E-state index in [0.29, 0.717) is 29.3 Å². The highest BCUT2D eigenvalue weighted by Crippen LogP contribution is 2.31. The van der Waals surface area contributed by atoms with E-state index >= 15 is 0 Å². The van der Waals surface area contributed by atoms with Gasteiger partial charge in [0.15, 0.2) is 11.5 Å². The number of hydrogen-bond acceptors (Lipinski definition) is 4. The lowest BCUT2D eigenvalue weighted by molar-refractivity contribution is 0.0954. The van der Waals surface area contributed by atoms with E-state index in [1.54, 1.807) is 12.1 Å². The van der Waals surface area contributed by atoms with Crippen LogP contribution in [0.1, 0.15) is 15.9 Å². The van der Waals surface area contributed by atoms with Crippen molar-refractivity contribution in [2.24, 2.45) is 0 Å². The standard InChI is InChI=1S/C17H20N2O3/c1-21-15-10-13(14(18)11-16(15)22-2)17(20)19-9-8-12-6-4-3-5-7-12/h3-7,10-11H,8-9,18H2,1-2H3,(H,19,20). The Morgan fingerprint density at radius 2 is 1.73 bits per heavy atom. The van der Waals surface area contributed by atoms with Crippen LogP contribution in [-0.4, -0.2) is 26.7 Å². The molecule has 0 aromatic heterocycles. The third-order valence-electron chi connectivity index (χ3n) is 3.34. The number of nitrogen functional groups attached to an aromatic ring is 1. The van der Waals surface area contributed by atoms with Crippen molar-refractivity contribution in [1.82, 2.24) is 5.32 Å². The van der Waals surface area contributed by atoms with Crippen LogP contribution in [0.2, 0.25) is 0 Å². The summed E-state index contributed by atoms with van der Waals surface area (Å²) >= 11 is 0. The fourth-order valence-corrected chi connectivity index (χ4v) is 2.15. The monoisotopic (exact) mass is 300 g/mol. The van der Waals surface area contributed by atoms with Gasteiger partial charge in [-0.05, 0) is 18.1 Å². The van der Waals surface area contributed by atoms with E-state index in [9.17, 15) is 4.79 Å². The first-order valence-corrected chi connectivity index (χ1v) is 6.99. The zero-order valence-electron chi connectivity index (χ0n) is 12.8. The van der Waals surface area contributed by atoms with Crippen molar-refractivity contribution in [3.8, 4) is 11.5 Å². The van der Waals surface area contributed by atoms with Crippen molar-refractivity contribution < 1.29 is 14.3 Å². The third-order valence-corrected chi connectivity index (χ3v) is 3.34. The summed E-state index contributed by atoms with van der Waals surface area (Å²) in [6.07, 6.45) is 0.764. The van der Waals surface area contributed by atoms with E-state index in [4.69, 9.17) is 15.2 Å². The number of nitrogens with two attached hydrogens (primary N) is 1. The van der Waals surface area contributed by atoms with Gasteiger partial charge in [0, 0.05) is 18.3 Å². The van der Waals surface area contributed by atoms with E-state index in [-0.39, 0.29) is 5.91 Å². The molecule has 0 spiro atoms. The van der Waals surface area contributed by atoms with Gasteiger partial charge in [0.2, 0.25) is 0 Å². The number of hydrogen-bond donors (Lipinski definition) is 2. The highest BCUT2D eigenvalue weighted by atomic mass is 16.5. The maximum absolute atomic E-state index is 12.2. The first kappa shape index (κ1) is 15.7. The van der Waals surface area contributed by atoms with Crippen molar-refractivity contribution in [2.45, 2.75) is 6.42 Å². The quantitative estimate of drug-likeness (QED) is 0.803. The number of methoxy groups -OCH3 is 2. The Labute approximate surface area is 130 Å². The van der Waals surface area contributed by atoms with Crippen LogP contribution in [-0.2, 0) is 6.42 Å². The lowest BCUT2D eigenvalue weighted by Gasteiger charge is -2.12. The first-order valence-electron chi connectivity index (χ1n) is 6.99. The second-order valence-corrected chi connectivity index (χ2v) is 4.79. The number of rotatable bonds is 6. The number of nitrogens with one attached hydrogen (secondary N) is 1. The Kier molecular flexibility index (Phi) is 5.25. The van der Waals surface area contributed by atoms with Crippen molar-refractivity contribution >= 4 is 11.6 Å². The molecule has 0 radical (unpaired) electrons. The van der Waals surface area contributed by atoms with E-state index < -0.39 is 0 Å². The minimum absolute atomic E-state index is 0.227. The molecule has 0 aliphatic rings. The Hall–Kier alpha value is -2.69. The predicted molar refractivity (Wildman–Crippen MR) is 86.4 cm³/mol. The number of carbonyl (C=O) groups is 1. The molecule has 2 aromatic carbocycles. The molecule has 5 nitrogen and oxygen atoms in total. The summed E-state index contributed by atoms with van der Waals surface area (Å²) in [7, 11) is 3.04. The van der Waals surface area contributed by atoms with Crippen LogP contribution in [0.5, 0.6) is 11.5 Å².